The highest BCUT2D eigenvalue weighted by Crippen LogP contribution is 2.28. The highest BCUT2D eigenvalue weighted by atomic mass is 35.5. The van der Waals surface area contributed by atoms with Gasteiger partial charge in [0.2, 0.25) is 17.6 Å². The van der Waals surface area contributed by atoms with E-state index in [0.717, 1.165) is 5.56 Å². The number of hydrogen-bond acceptors (Lipinski definition) is 9. The van der Waals surface area contributed by atoms with Crippen LogP contribution in [0.5, 0.6) is 5.75 Å². The third-order valence-electron chi connectivity index (χ3n) is 6.93. The standard InChI is InChI=1S/C28H29Cl2N7O5/c1-40-22-7-6-19(14-20(22)29)16-32-25(38)21-17-35(27(39)42-28(41-2)8-4-3-5-9-28)12-13-37(21)24-15-23(30)33-26(34-24)36-11-10-31-18-36/h3-8,10-11,14-15,18,21H,9,12-13,16-17H2,1-2H3,(H,32,38). The molecule has 0 bridgehead atoms. The van der Waals surface area contributed by atoms with Crippen LogP contribution in [-0.2, 0) is 20.8 Å². The minimum absolute atomic E-state index is 0.0232. The Balaban J connectivity index is 1.39. The zero-order valence-corrected chi connectivity index (χ0v) is 24.5. The Kier molecular flexibility index (Phi) is 8.95. The van der Waals surface area contributed by atoms with Crippen LogP contribution in [-0.4, -0.2) is 82.1 Å². The lowest BCUT2D eigenvalue weighted by Gasteiger charge is -2.41. The van der Waals surface area contributed by atoms with Crippen LogP contribution in [0.25, 0.3) is 5.95 Å². The average molecular weight is 614 g/mol. The molecule has 0 saturated carbocycles. The van der Waals surface area contributed by atoms with Crippen molar-refractivity contribution in [1.29, 1.82) is 0 Å². The number of nitrogens with zero attached hydrogens (tertiary/aromatic N) is 6. The number of hydrogen-bond donors (Lipinski definition) is 1. The lowest BCUT2D eigenvalue weighted by atomic mass is 10.1. The quantitative estimate of drug-likeness (QED) is 0.298. The summed E-state index contributed by atoms with van der Waals surface area (Å²) in [5.41, 5.74) is 0.777. The average Bonchev–Trinajstić information content (AvgIpc) is 3.55. The zero-order valence-electron chi connectivity index (χ0n) is 22.9. The first-order chi connectivity index (χ1) is 20.3. The van der Waals surface area contributed by atoms with Crippen LogP contribution in [0.3, 0.4) is 0 Å². The topological polar surface area (TPSA) is 124 Å². The van der Waals surface area contributed by atoms with Crippen molar-refractivity contribution in [2.45, 2.75) is 24.8 Å². The Morgan fingerprint density at radius 1 is 1.14 bits per heavy atom. The fourth-order valence-corrected chi connectivity index (χ4v) is 5.12. The molecule has 2 aromatic heterocycles. The van der Waals surface area contributed by atoms with E-state index in [4.69, 9.17) is 37.4 Å². The fraction of sp³-hybridized carbons (Fsp3) is 0.321. The van der Waals surface area contributed by atoms with Crippen LogP contribution >= 0.6 is 23.2 Å². The number of imidazole rings is 1. The van der Waals surface area contributed by atoms with Gasteiger partial charge in [0.25, 0.3) is 0 Å². The number of allylic oxidation sites excluding steroid dienone is 2. The summed E-state index contributed by atoms with van der Waals surface area (Å²) in [5.74, 6) is -0.295. The molecule has 3 aromatic rings. The third-order valence-corrected chi connectivity index (χ3v) is 7.42. The van der Waals surface area contributed by atoms with E-state index in [1.165, 1.54) is 19.1 Å². The van der Waals surface area contributed by atoms with Crippen molar-refractivity contribution >= 4 is 41.0 Å². The molecule has 2 amide bonds. The number of carbonyl (C=O) groups is 2. The van der Waals surface area contributed by atoms with E-state index in [-0.39, 0.29) is 37.2 Å². The van der Waals surface area contributed by atoms with Crippen molar-refractivity contribution in [3.05, 3.63) is 83.0 Å². The first kappa shape index (κ1) is 29.4. The Bertz CT molecular complexity index is 1500. The van der Waals surface area contributed by atoms with Gasteiger partial charge in [-0.15, -0.1) is 0 Å². The molecule has 1 saturated heterocycles. The number of halogens is 2. The lowest BCUT2D eigenvalue weighted by molar-refractivity contribution is -0.153. The number of piperazine rings is 1. The molecule has 1 N–H and O–H groups in total. The van der Waals surface area contributed by atoms with E-state index < -0.39 is 17.9 Å². The molecule has 42 heavy (non-hydrogen) atoms. The predicted molar refractivity (Wildman–Crippen MR) is 156 cm³/mol. The van der Waals surface area contributed by atoms with E-state index in [0.29, 0.717) is 29.0 Å². The zero-order chi connectivity index (χ0) is 29.7. The normalized spacial score (nSPS) is 20.0. The second-order valence-electron chi connectivity index (χ2n) is 9.54. The molecule has 3 heterocycles. The summed E-state index contributed by atoms with van der Waals surface area (Å²) < 4.78 is 18.1. The minimum Gasteiger partial charge on any atom is -0.495 e. The van der Waals surface area contributed by atoms with Gasteiger partial charge in [-0.25, -0.2) is 14.8 Å². The lowest BCUT2D eigenvalue weighted by Crippen LogP contribution is -2.61. The molecule has 2 unspecified atom stereocenters. The molecular formula is C28H29Cl2N7O5. The van der Waals surface area contributed by atoms with Crippen LogP contribution in [0.2, 0.25) is 10.2 Å². The van der Waals surface area contributed by atoms with Crippen molar-refractivity contribution in [3.8, 4) is 11.7 Å². The molecule has 5 rings (SSSR count). The fourth-order valence-electron chi connectivity index (χ4n) is 4.67. The molecule has 2 aliphatic rings. The van der Waals surface area contributed by atoms with E-state index in [9.17, 15) is 9.59 Å². The van der Waals surface area contributed by atoms with Gasteiger partial charge < -0.3 is 29.3 Å². The van der Waals surface area contributed by atoms with Crippen molar-refractivity contribution in [1.82, 2.24) is 29.7 Å². The summed E-state index contributed by atoms with van der Waals surface area (Å²) in [6, 6.07) is 6.02. The number of aromatic nitrogens is 4. The smallest absolute Gasteiger partial charge is 0.412 e. The number of methoxy groups -OCH3 is 2. The summed E-state index contributed by atoms with van der Waals surface area (Å²) in [4.78, 5) is 43.3. The Labute approximate surface area is 252 Å². The number of ether oxygens (including phenoxy) is 3. The number of anilines is 1. The minimum atomic E-state index is -1.21. The second-order valence-corrected chi connectivity index (χ2v) is 10.3. The van der Waals surface area contributed by atoms with Crippen LogP contribution < -0.4 is 15.0 Å². The van der Waals surface area contributed by atoms with Crippen LogP contribution in [0.1, 0.15) is 12.0 Å². The number of carbonyl (C=O) groups excluding carboxylic acids is 2. The molecule has 220 valence electrons. The predicted octanol–water partition coefficient (Wildman–Crippen LogP) is 3.78. The van der Waals surface area contributed by atoms with Crippen LogP contribution in [0.15, 0.2) is 67.3 Å². The van der Waals surface area contributed by atoms with Gasteiger partial charge in [0, 0.05) is 51.6 Å². The summed E-state index contributed by atoms with van der Waals surface area (Å²) in [7, 11) is 3.01. The highest BCUT2D eigenvalue weighted by molar-refractivity contribution is 6.32. The maximum atomic E-state index is 13.7. The van der Waals surface area contributed by atoms with Crippen molar-refractivity contribution in [2.24, 2.45) is 0 Å². The second kappa shape index (κ2) is 12.8. The Morgan fingerprint density at radius 3 is 2.69 bits per heavy atom. The molecule has 12 nitrogen and oxygen atoms in total. The number of rotatable bonds is 8. The Hall–Kier alpha value is -4.13. The first-order valence-electron chi connectivity index (χ1n) is 13.1. The van der Waals surface area contributed by atoms with Gasteiger partial charge in [-0.05, 0) is 23.8 Å². The molecule has 14 heteroatoms. The molecular weight excluding hydrogens is 585 g/mol. The monoisotopic (exact) mass is 613 g/mol. The molecule has 0 radical (unpaired) electrons. The molecule has 1 aliphatic heterocycles. The van der Waals surface area contributed by atoms with Crippen molar-refractivity contribution < 1.29 is 23.8 Å². The van der Waals surface area contributed by atoms with E-state index in [1.807, 2.05) is 18.2 Å². The molecule has 1 aliphatic carbocycles. The number of benzene rings is 1. The van der Waals surface area contributed by atoms with Gasteiger partial charge in [0.1, 0.15) is 29.1 Å². The first-order valence-corrected chi connectivity index (χ1v) is 13.8. The number of nitrogens with one attached hydrogen (secondary N) is 1. The van der Waals surface area contributed by atoms with Crippen molar-refractivity contribution in [3.63, 3.8) is 0 Å². The van der Waals surface area contributed by atoms with E-state index in [2.05, 4.69) is 20.3 Å². The van der Waals surface area contributed by atoms with E-state index >= 15 is 0 Å². The van der Waals surface area contributed by atoms with Gasteiger partial charge in [0.15, 0.2) is 0 Å². The molecule has 2 atom stereocenters. The highest BCUT2D eigenvalue weighted by Gasteiger charge is 2.39. The molecule has 1 aromatic carbocycles. The van der Waals surface area contributed by atoms with E-state index in [1.54, 1.807) is 58.5 Å². The molecule has 0 spiro atoms. The molecule has 1 fully saturated rings. The van der Waals surface area contributed by atoms with Crippen LogP contribution in [0, 0.1) is 0 Å². The summed E-state index contributed by atoms with van der Waals surface area (Å²) in [6.45, 7) is 0.757. The largest absolute Gasteiger partial charge is 0.495 e. The maximum absolute atomic E-state index is 13.7. The van der Waals surface area contributed by atoms with Crippen molar-refractivity contribution in [2.75, 3.05) is 38.8 Å². The van der Waals surface area contributed by atoms with Crippen LogP contribution in [0.4, 0.5) is 10.6 Å². The summed E-state index contributed by atoms with van der Waals surface area (Å²) >= 11 is 12.6. The van der Waals surface area contributed by atoms with Gasteiger partial charge >= 0.3 is 6.09 Å². The number of amides is 2. The third kappa shape index (κ3) is 6.51. The van der Waals surface area contributed by atoms with Gasteiger partial charge in [-0.1, -0.05) is 47.5 Å². The maximum Gasteiger partial charge on any atom is 0.412 e. The van der Waals surface area contributed by atoms with Gasteiger partial charge in [0.05, 0.1) is 18.7 Å². The SMILES string of the molecule is COc1ccc(CNC(=O)C2CN(C(=O)OC3(OC)C=CC=CC3)CCN2c2cc(Cl)nc(-n3ccnc3)n2)cc1Cl. The van der Waals surface area contributed by atoms with Gasteiger partial charge in [-0.3, -0.25) is 9.36 Å². The summed E-state index contributed by atoms with van der Waals surface area (Å²) in [6.07, 6.45) is 11.8. The van der Waals surface area contributed by atoms with Gasteiger partial charge in [-0.2, -0.15) is 4.98 Å². The Morgan fingerprint density at radius 2 is 2.00 bits per heavy atom. The summed E-state index contributed by atoms with van der Waals surface area (Å²) in [5, 5.41) is 3.57.